The standard InChI is InChI=1S/C33H60O6/c1-4-7-9-10-11-13-16-22-30(28-39-33(37)26-20-19-24-31(34)35)23-17-14-12-15-18-25-32(36)38-27-29(6-3)21-8-5-2/h16,22,29-30H,4-15,17-21,23-28H2,1-3H3,(H,34,35)/b22-16+. The van der Waals surface area contributed by atoms with Crippen molar-refractivity contribution in [3.8, 4) is 0 Å². The lowest BCUT2D eigenvalue weighted by molar-refractivity contribution is -0.146. The third-order valence-corrected chi connectivity index (χ3v) is 7.34. The molecule has 0 radical (unpaired) electrons. The first-order valence-corrected chi connectivity index (χ1v) is 16.1. The van der Waals surface area contributed by atoms with Crippen molar-refractivity contribution in [2.75, 3.05) is 13.2 Å². The molecule has 0 amide bonds. The quantitative estimate of drug-likeness (QED) is 0.0591. The van der Waals surface area contributed by atoms with E-state index < -0.39 is 5.97 Å². The predicted molar refractivity (Wildman–Crippen MR) is 160 cm³/mol. The Morgan fingerprint density at radius 3 is 1.87 bits per heavy atom. The number of allylic oxidation sites excluding steroid dienone is 1. The Bertz CT molecular complexity index is 630. The number of rotatable bonds is 28. The predicted octanol–water partition coefficient (Wildman–Crippen LogP) is 9.20. The number of carboxylic acids is 1. The second kappa shape index (κ2) is 27.7. The highest BCUT2D eigenvalue weighted by Gasteiger charge is 2.11. The Balaban J connectivity index is 4.21. The molecule has 0 saturated carbocycles. The average molecular weight is 553 g/mol. The van der Waals surface area contributed by atoms with Gasteiger partial charge in [0, 0.05) is 25.2 Å². The molecule has 1 N–H and O–H groups in total. The number of aliphatic carboxylic acids is 1. The highest BCUT2D eigenvalue weighted by atomic mass is 16.5. The van der Waals surface area contributed by atoms with E-state index in [-0.39, 0.29) is 30.7 Å². The second-order valence-corrected chi connectivity index (χ2v) is 11.1. The van der Waals surface area contributed by atoms with Crippen LogP contribution >= 0.6 is 0 Å². The molecule has 39 heavy (non-hydrogen) atoms. The number of esters is 2. The van der Waals surface area contributed by atoms with E-state index in [2.05, 4.69) is 32.9 Å². The van der Waals surface area contributed by atoms with Gasteiger partial charge < -0.3 is 14.6 Å². The molecule has 2 unspecified atom stereocenters. The van der Waals surface area contributed by atoms with E-state index in [4.69, 9.17) is 14.6 Å². The van der Waals surface area contributed by atoms with Gasteiger partial charge in [-0.25, -0.2) is 0 Å². The summed E-state index contributed by atoms with van der Waals surface area (Å²) in [5.74, 6) is -0.410. The lowest BCUT2D eigenvalue weighted by Crippen LogP contribution is -2.13. The first-order valence-electron chi connectivity index (χ1n) is 16.1. The van der Waals surface area contributed by atoms with E-state index in [0.717, 1.165) is 57.8 Å². The van der Waals surface area contributed by atoms with Crippen molar-refractivity contribution in [3.05, 3.63) is 12.2 Å². The first-order chi connectivity index (χ1) is 18.9. The Morgan fingerprint density at radius 1 is 0.641 bits per heavy atom. The van der Waals surface area contributed by atoms with Crippen molar-refractivity contribution in [2.24, 2.45) is 11.8 Å². The maximum absolute atomic E-state index is 12.1. The van der Waals surface area contributed by atoms with Crippen LogP contribution in [-0.2, 0) is 23.9 Å². The molecule has 0 bridgehead atoms. The van der Waals surface area contributed by atoms with Crippen LogP contribution in [0.2, 0.25) is 0 Å². The summed E-state index contributed by atoms with van der Waals surface area (Å²) in [4.78, 5) is 34.8. The number of carbonyl (C=O) groups excluding carboxylic acids is 2. The van der Waals surface area contributed by atoms with E-state index in [1.807, 2.05) is 0 Å². The maximum atomic E-state index is 12.1. The van der Waals surface area contributed by atoms with Crippen molar-refractivity contribution in [2.45, 2.75) is 156 Å². The molecule has 0 rings (SSSR count). The molecule has 0 aromatic heterocycles. The zero-order valence-electron chi connectivity index (χ0n) is 25.6. The van der Waals surface area contributed by atoms with Crippen LogP contribution in [-0.4, -0.2) is 36.2 Å². The maximum Gasteiger partial charge on any atom is 0.305 e. The average Bonchev–Trinajstić information content (AvgIpc) is 2.92. The molecular weight excluding hydrogens is 492 g/mol. The van der Waals surface area contributed by atoms with Crippen LogP contribution < -0.4 is 0 Å². The smallest absolute Gasteiger partial charge is 0.305 e. The molecule has 6 nitrogen and oxygen atoms in total. The topological polar surface area (TPSA) is 89.9 Å². The summed E-state index contributed by atoms with van der Waals surface area (Å²) in [6.07, 6.45) is 24.5. The molecule has 228 valence electrons. The highest BCUT2D eigenvalue weighted by molar-refractivity contribution is 5.70. The normalized spacial score (nSPS) is 12.9. The van der Waals surface area contributed by atoms with Gasteiger partial charge in [0.1, 0.15) is 0 Å². The Labute approximate surface area is 239 Å². The number of ether oxygens (including phenoxy) is 2. The van der Waals surface area contributed by atoms with E-state index in [0.29, 0.717) is 38.4 Å². The third-order valence-electron chi connectivity index (χ3n) is 7.34. The monoisotopic (exact) mass is 552 g/mol. The van der Waals surface area contributed by atoms with Crippen molar-refractivity contribution >= 4 is 17.9 Å². The molecule has 0 aliphatic carbocycles. The Kier molecular flexibility index (Phi) is 26.4. The molecule has 0 heterocycles. The van der Waals surface area contributed by atoms with Crippen molar-refractivity contribution < 1.29 is 29.0 Å². The first kappa shape index (κ1) is 37.1. The summed E-state index contributed by atoms with van der Waals surface area (Å²) in [7, 11) is 0. The summed E-state index contributed by atoms with van der Waals surface area (Å²) < 4.78 is 11.0. The van der Waals surface area contributed by atoms with Gasteiger partial charge in [-0.1, -0.05) is 104 Å². The van der Waals surface area contributed by atoms with Crippen molar-refractivity contribution in [1.29, 1.82) is 0 Å². The fourth-order valence-electron chi connectivity index (χ4n) is 4.59. The zero-order chi connectivity index (χ0) is 29.0. The summed E-state index contributed by atoms with van der Waals surface area (Å²) in [5, 5.41) is 8.72. The fourth-order valence-corrected chi connectivity index (χ4v) is 4.59. The Morgan fingerprint density at radius 2 is 1.21 bits per heavy atom. The van der Waals surface area contributed by atoms with Gasteiger partial charge in [-0.15, -0.1) is 0 Å². The molecule has 6 heteroatoms. The third kappa shape index (κ3) is 26.2. The number of hydrogen-bond donors (Lipinski definition) is 1. The van der Waals surface area contributed by atoms with Crippen molar-refractivity contribution in [3.63, 3.8) is 0 Å². The van der Waals surface area contributed by atoms with E-state index in [1.165, 1.54) is 44.9 Å². The van der Waals surface area contributed by atoms with Crippen LogP contribution in [0, 0.1) is 11.8 Å². The van der Waals surface area contributed by atoms with E-state index in [9.17, 15) is 14.4 Å². The van der Waals surface area contributed by atoms with Crippen LogP contribution in [0.5, 0.6) is 0 Å². The second-order valence-electron chi connectivity index (χ2n) is 11.1. The minimum atomic E-state index is -0.828. The molecule has 0 aliphatic rings. The fraction of sp³-hybridized carbons (Fsp3) is 0.848. The molecule has 0 spiro atoms. The number of carbonyl (C=O) groups is 3. The molecule has 2 atom stereocenters. The van der Waals surface area contributed by atoms with Gasteiger partial charge in [-0.2, -0.15) is 0 Å². The highest BCUT2D eigenvalue weighted by Crippen LogP contribution is 2.17. The molecule has 0 saturated heterocycles. The minimum absolute atomic E-state index is 0.0605. The van der Waals surface area contributed by atoms with Gasteiger partial charge in [0.05, 0.1) is 13.2 Å². The largest absolute Gasteiger partial charge is 0.481 e. The minimum Gasteiger partial charge on any atom is -0.481 e. The molecule has 0 aliphatic heterocycles. The van der Waals surface area contributed by atoms with E-state index in [1.54, 1.807) is 0 Å². The lowest BCUT2D eigenvalue weighted by Gasteiger charge is -2.14. The molecular formula is C33H60O6. The summed E-state index contributed by atoms with van der Waals surface area (Å²) in [5.41, 5.74) is 0. The van der Waals surface area contributed by atoms with Gasteiger partial charge in [0.15, 0.2) is 0 Å². The number of hydrogen-bond acceptors (Lipinski definition) is 5. The number of unbranched alkanes of at least 4 members (excludes halogenated alkanes) is 11. The van der Waals surface area contributed by atoms with Crippen molar-refractivity contribution in [1.82, 2.24) is 0 Å². The van der Waals surface area contributed by atoms with Gasteiger partial charge in [0.25, 0.3) is 0 Å². The van der Waals surface area contributed by atoms with E-state index >= 15 is 0 Å². The summed E-state index contributed by atoms with van der Waals surface area (Å²) >= 11 is 0. The zero-order valence-corrected chi connectivity index (χ0v) is 25.6. The Hall–Kier alpha value is -1.85. The van der Waals surface area contributed by atoms with Crippen LogP contribution in [0.15, 0.2) is 12.2 Å². The van der Waals surface area contributed by atoms with Gasteiger partial charge >= 0.3 is 17.9 Å². The molecule has 0 aromatic carbocycles. The summed E-state index contributed by atoms with van der Waals surface area (Å²) in [6, 6.07) is 0. The summed E-state index contributed by atoms with van der Waals surface area (Å²) in [6.45, 7) is 7.54. The van der Waals surface area contributed by atoms with Crippen LogP contribution in [0.1, 0.15) is 156 Å². The molecule has 0 aromatic rings. The molecule has 0 fully saturated rings. The van der Waals surface area contributed by atoms with Gasteiger partial charge in [-0.3, -0.25) is 14.4 Å². The SMILES string of the molecule is CCCCCCC/C=C/C(CCCCCCCC(=O)OCC(CC)CCCC)COC(=O)CCCCC(=O)O. The van der Waals surface area contributed by atoms with Crippen LogP contribution in [0.4, 0.5) is 0 Å². The lowest BCUT2D eigenvalue weighted by atomic mass is 9.99. The number of carboxylic acid groups (broad SMARTS) is 1. The van der Waals surface area contributed by atoms with Gasteiger partial charge in [0.2, 0.25) is 0 Å². The van der Waals surface area contributed by atoms with Crippen LogP contribution in [0.25, 0.3) is 0 Å². The van der Waals surface area contributed by atoms with Crippen LogP contribution in [0.3, 0.4) is 0 Å². The van der Waals surface area contributed by atoms with Gasteiger partial charge in [-0.05, 0) is 50.9 Å².